The highest BCUT2D eigenvalue weighted by Crippen LogP contribution is 2.19. The van der Waals surface area contributed by atoms with Crippen LogP contribution in [0.25, 0.3) is 0 Å². The summed E-state index contributed by atoms with van der Waals surface area (Å²) in [6.45, 7) is -0.914. The summed E-state index contributed by atoms with van der Waals surface area (Å²) in [4.78, 5) is 21.9. The van der Waals surface area contributed by atoms with Crippen LogP contribution in [0.5, 0.6) is 0 Å². The number of hydrogen-bond acceptors (Lipinski definition) is 2. The zero-order valence-electron chi connectivity index (χ0n) is 8.91. The Balaban J connectivity index is 2.83. The first-order valence-corrected chi connectivity index (χ1v) is 4.76. The number of halogens is 3. The number of urea groups is 1. The molecule has 1 rings (SSSR count). The molecular weight excluding hydrogens is 253 g/mol. The van der Waals surface area contributed by atoms with Crippen molar-refractivity contribution in [2.75, 3.05) is 11.9 Å². The number of hydrogen-bond donors (Lipinski definition) is 3. The number of alkyl halides is 2. The maximum absolute atomic E-state index is 13.3. The molecule has 0 heterocycles. The third-order valence-corrected chi connectivity index (χ3v) is 1.90. The Labute approximate surface area is 99.6 Å². The van der Waals surface area contributed by atoms with Gasteiger partial charge in [0, 0.05) is 0 Å². The molecule has 0 spiro atoms. The highest BCUT2D eigenvalue weighted by molar-refractivity contribution is 6.00. The van der Waals surface area contributed by atoms with Crippen LogP contribution in [0.4, 0.5) is 23.7 Å². The molecule has 8 heteroatoms. The predicted molar refractivity (Wildman–Crippen MR) is 56.4 cm³/mol. The quantitative estimate of drug-likeness (QED) is 0.775. The minimum atomic E-state index is -2.75. The van der Waals surface area contributed by atoms with E-state index in [9.17, 15) is 22.8 Å². The van der Waals surface area contributed by atoms with Crippen LogP contribution in [0, 0.1) is 5.82 Å². The minimum Gasteiger partial charge on any atom is -0.478 e. The number of para-hydroxylation sites is 1. The molecule has 1 aromatic carbocycles. The zero-order valence-corrected chi connectivity index (χ0v) is 8.91. The maximum atomic E-state index is 13.3. The lowest BCUT2D eigenvalue weighted by Gasteiger charge is -2.10. The van der Waals surface area contributed by atoms with Gasteiger partial charge in [-0.25, -0.2) is 22.8 Å². The van der Waals surface area contributed by atoms with Gasteiger partial charge in [0.15, 0.2) is 0 Å². The van der Waals surface area contributed by atoms with E-state index in [2.05, 4.69) is 0 Å². The summed E-state index contributed by atoms with van der Waals surface area (Å²) >= 11 is 0. The number of anilines is 1. The van der Waals surface area contributed by atoms with Gasteiger partial charge in [-0.2, -0.15) is 0 Å². The van der Waals surface area contributed by atoms with Crippen LogP contribution in [0.15, 0.2) is 18.2 Å². The van der Waals surface area contributed by atoms with Gasteiger partial charge in [-0.05, 0) is 12.1 Å². The van der Waals surface area contributed by atoms with Gasteiger partial charge in [-0.15, -0.1) is 0 Å². The van der Waals surface area contributed by atoms with Crippen LogP contribution >= 0.6 is 0 Å². The lowest BCUT2D eigenvalue weighted by atomic mass is 10.1. The Hall–Kier alpha value is -2.25. The van der Waals surface area contributed by atoms with E-state index in [0.717, 1.165) is 18.2 Å². The molecule has 0 saturated heterocycles. The second kappa shape index (κ2) is 5.89. The Morgan fingerprint density at radius 3 is 2.56 bits per heavy atom. The van der Waals surface area contributed by atoms with Crippen molar-refractivity contribution in [2.24, 2.45) is 0 Å². The summed E-state index contributed by atoms with van der Waals surface area (Å²) in [7, 11) is 0. The van der Waals surface area contributed by atoms with Crippen LogP contribution in [0.3, 0.4) is 0 Å². The number of rotatable bonds is 4. The molecule has 0 aliphatic rings. The first kappa shape index (κ1) is 13.8. The van der Waals surface area contributed by atoms with Crippen LogP contribution in [-0.4, -0.2) is 30.1 Å². The number of carboxylic acid groups (broad SMARTS) is 1. The first-order valence-electron chi connectivity index (χ1n) is 4.76. The average molecular weight is 262 g/mol. The Morgan fingerprint density at radius 1 is 1.33 bits per heavy atom. The van der Waals surface area contributed by atoms with Crippen LogP contribution in [0.2, 0.25) is 0 Å². The van der Waals surface area contributed by atoms with E-state index < -0.39 is 42.0 Å². The summed E-state index contributed by atoms with van der Waals surface area (Å²) in [5.41, 5.74) is -1.04. The lowest BCUT2D eigenvalue weighted by Crippen LogP contribution is -2.33. The first-order chi connectivity index (χ1) is 8.41. The van der Waals surface area contributed by atoms with Crippen molar-refractivity contribution < 1.29 is 27.9 Å². The fourth-order valence-electron chi connectivity index (χ4n) is 1.16. The summed E-state index contributed by atoms with van der Waals surface area (Å²) in [5.74, 6) is -2.42. The van der Waals surface area contributed by atoms with Gasteiger partial charge >= 0.3 is 12.0 Å². The number of benzene rings is 1. The number of carbonyl (C=O) groups excluding carboxylic acids is 1. The number of carboxylic acids is 1. The number of amides is 2. The molecule has 3 N–H and O–H groups in total. The van der Waals surface area contributed by atoms with E-state index in [0.29, 0.717) is 0 Å². The van der Waals surface area contributed by atoms with Crippen LogP contribution in [-0.2, 0) is 0 Å². The molecule has 2 amide bonds. The maximum Gasteiger partial charge on any atom is 0.337 e. The molecule has 0 atom stereocenters. The molecule has 0 aromatic heterocycles. The van der Waals surface area contributed by atoms with Crippen LogP contribution < -0.4 is 10.6 Å². The van der Waals surface area contributed by atoms with Gasteiger partial charge in [0.1, 0.15) is 5.82 Å². The molecule has 0 aliphatic heterocycles. The molecule has 0 aliphatic carbocycles. The van der Waals surface area contributed by atoms with Crippen molar-refractivity contribution in [1.82, 2.24) is 5.32 Å². The molecule has 0 fully saturated rings. The molecule has 5 nitrogen and oxygen atoms in total. The number of aromatic carboxylic acids is 1. The standard InChI is InChI=1S/C10H9F3N2O3/c11-6-3-1-2-5(9(16)17)8(6)15-10(18)14-4-7(12)13/h1-3,7H,4H2,(H,16,17)(H2,14,15,18). The van der Waals surface area contributed by atoms with Gasteiger partial charge in [-0.3, -0.25) is 0 Å². The number of carbonyl (C=O) groups is 2. The van der Waals surface area contributed by atoms with E-state index in [1.165, 1.54) is 0 Å². The highest BCUT2D eigenvalue weighted by Gasteiger charge is 2.16. The van der Waals surface area contributed by atoms with E-state index >= 15 is 0 Å². The third kappa shape index (κ3) is 3.65. The summed E-state index contributed by atoms with van der Waals surface area (Å²) in [5, 5.41) is 12.4. The molecule has 0 unspecified atom stereocenters. The van der Waals surface area contributed by atoms with Crippen molar-refractivity contribution in [3.05, 3.63) is 29.6 Å². The van der Waals surface area contributed by atoms with Gasteiger partial charge < -0.3 is 15.7 Å². The molecule has 0 bridgehead atoms. The SMILES string of the molecule is O=C(NCC(F)F)Nc1c(F)cccc1C(=O)O. The van der Waals surface area contributed by atoms with Crippen molar-refractivity contribution in [2.45, 2.75) is 6.43 Å². The fraction of sp³-hybridized carbons (Fsp3) is 0.200. The Kier molecular flexibility index (Phi) is 4.52. The topological polar surface area (TPSA) is 78.4 Å². The molecule has 98 valence electrons. The lowest BCUT2D eigenvalue weighted by molar-refractivity contribution is 0.0697. The second-order valence-corrected chi connectivity index (χ2v) is 3.19. The second-order valence-electron chi connectivity index (χ2n) is 3.19. The van der Waals surface area contributed by atoms with Crippen molar-refractivity contribution in [3.63, 3.8) is 0 Å². The summed E-state index contributed by atoms with van der Waals surface area (Å²) < 4.78 is 36.9. The fourth-order valence-corrected chi connectivity index (χ4v) is 1.16. The Bertz CT molecular complexity index is 466. The molecule has 1 aromatic rings. The predicted octanol–water partition coefficient (Wildman–Crippen LogP) is 1.91. The van der Waals surface area contributed by atoms with Gasteiger partial charge in [0.05, 0.1) is 17.8 Å². The Morgan fingerprint density at radius 2 is 2.00 bits per heavy atom. The average Bonchev–Trinajstić information content (AvgIpc) is 2.28. The summed E-state index contributed by atoms with van der Waals surface area (Å²) in [6, 6.07) is 2.06. The molecule has 0 saturated carbocycles. The van der Waals surface area contributed by atoms with Crippen LogP contribution in [0.1, 0.15) is 10.4 Å². The normalized spacial score (nSPS) is 10.2. The highest BCUT2D eigenvalue weighted by atomic mass is 19.3. The van der Waals surface area contributed by atoms with Crippen molar-refractivity contribution in [1.29, 1.82) is 0 Å². The molecule has 0 radical (unpaired) electrons. The van der Waals surface area contributed by atoms with E-state index in [1.807, 2.05) is 5.32 Å². The number of nitrogens with one attached hydrogen (secondary N) is 2. The van der Waals surface area contributed by atoms with Gasteiger partial charge in [-0.1, -0.05) is 6.07 Å². The minimum absolute atomic E-state index is 0.470. The smallest absolute Gasteiger partial charge is 0.337 e. The third-order valence-electron chi connectivity index (χ3n) is 1.90. The van der Waals surface area contributed by atoms with E-state index in [1.54, 1.807) is 5.32 Å². The monoisotopic (exact) mass is 262 g/mol. The summed E-state index contributed by atoms with van der Waals surface area (Å²) in [6.07, 6.45) is -2.75. The van der Waals surface area contributed by atoms with Gasteiger partial charge in [0.25, 0.3) is 6.43 Å². The van der Waals surface area contributed by atoms with E-state index in [4.69, 9.17) is 5.11 Å². The van der Waals surface area contributed by atoms with E-state index in [-0.39, 0.29) is 0 Å². The molecule has 18 heavy (non-hydrogen) atoms. The van der Waals surface area contributed by atoms with Crippen molar-refractivity contribution in [3.8, 4) is 0 Å². The largest absolute Gasteiger partial charge is 0.478 e. The molecular formula is C10H9F3N2O3. The zero-order chi connectivity index (χ0) is 13.7. The van der Waals surface area contributed by atoms with Gasteiger partial charge in [0.2, 0.25) is 0 Å². The van der Waals surface area contributed by atoms with Crippen molar-refractivity contribution >= 4 is 17.7 Å².